The highest BCUT2D eigenvalue weighted by Crippen LogP contribution is 2.22. The van der Waals surface area contributed by atoms with Crippen LogP contribution in [0.2, 0.25) is 0 Å². The van der Waals surface area contributed by atoms with Gasteiger partial charge in [0.15, 0.2) is 11.7 Å². The molecule has 0 amide bonds. The van der Waals surface area contributed by atoms with Gasteiger partial charge in [0.05, 0.1) is 19.5 Å². The van der Waals surface area contributed by atoms with Crippen LogP contribution in [-0.2, 0) is 15.9 Å². The highest BCUT2D eigenvalue weighted by molar-refractivity contribution is 14.0. The van der Waals surface area contributed by atoms with E-state index in [0.717, 1.165) is 43.4 Å². The van der Waals surface area contributed by atoms with Crippen molar-refractivity contribution in [2.24, 2.45) is 4.99 Å². The molecule has 1 aliphatic rings. The first-order chi connectivity index (χ1) is 11.2. The zero-order valence-electron chi connectivity index (χ0n) is 14.4. The fourth-order valence-corrected chi connectivity index (χ4v) is 2.58. The highest BCUT2D eigenvalue weighted by Gasteiger charge is 2.30. The molecule has 8 heteroatoms. The second kappa shape index (κ2) is 12.0. The highest BCUT2D eigenvalue weighted by atomic mass is 127. The van der Waals surface area contributed by atoms with Crippen molar-refractivity contribution < 1.29 is 13.9 Å². The number of rotatable bonds is 9. The summed E-state index contributed by atoms with van der Waals surface area (Å²) in [5, 5.41) is 6.69. The number of nitrogens with zero attached hydrogens (tertiary/aromatic N) is 1. The minimum atomic E-state index is -0.484. The van der Waals surface area contributed by atoms with Gasteiger partial charge in [-0.25, -0.2) is 0 Å². The van der Waals surface area contributed by atoms with Crippen molar-refractivity contribution in [2.75, 3.05) is 44.9 Å². The molecular formula is C16H28IN3O3S. The second-order valence-electron chi connectivity index (χ2n) is 5.49. The summed E-state index contributed by atoms with van der Waals surface area (Å²) in [6.07, 6.45) is 5.38. The molecule has 2 N–H and O–H groups in total. The van der Waals surface area contributed by atoms with Crippen molar-refractivity contribution >= 4 is 41.7 Å². The molecule has 0 radical (unpaired) electrons. The molecule has 1 fully saturated rings. The van der Waals surface area contributed by atoms with Gasteiger partial charge in [-0.1, -0.05) is 0 Å². The first kappa shape index (κ1) is 21.6. The van der Waals surface area contributed by atoms with E-state index in [1.807, 2.05) is 30.8 Å². The van der Waals surface area contributed by atoms with Gasteiger partial charge in [-0.3, -0.25) is 4.99 Å². The van der Waals surface area contributed by atoms with Crippen molar-refractivity contribution in [3.63, 3.8) is 0 Å². The summed E-state index contributed by atoms with van der Waals surface area (Å²) < 4.78 is 16.5. The lowest BCUT2D eigenvalue weighted by Gasteiger charge is -2.21. The molecule has 0 atom stereocenters. The number of hydrogen-bond donors (Lipinski definition) is 2. The number of hydrogen-bond acceptors (Lipinski definition) is 5. The summed E-state index contributed by atoms with van der Waals surface area (Å²) in [5.41, 5.74) is 0. The Kier molecular flexibility index (Phi) is 10.8. The van der Waals surface area contributed by atoms with Crippen molar-refractivity contribution in [2.45, 2.75) is 25.6 Å². The van der Waals surface area contributed by atoms with Crippen LogP contribution in [0.5, 0.6) is 0 Å². The summed E-state index contributed by atoms with van der Waals surface area (Å²) in [5.74, 6) is 2.36. The molecule has 0 aliphatic carbocycles. The minimum absolute atomic E-state index is 0. The smallest absolute Gasteiger partial charge is 0.191 e. The average molecular weight is 469 g/mol. The molecule has 0 spiro atoms. The Morgan fingerprint density at radius 2 is 2.04 bits per heavy atom. The largest absolute Gasteiger partial charge is 0.469 e. The van der Waals surface area contributed by atoms with Crippen LogP contribution < -0.4 is 10.6 Å². The first-order valence-corrected chi connectivity index (χ1v) is 9.43. The van der Waals surface area contributed by atoms with E-state index in [0.29, 0.717) is 19.8 Å². The summed E-state index contributed by atoms with van der Waals surface area (Å²) in [7, 11) is 0. The fourth-order valence-electron chi connectivity index (χ4n) is 2.28. The van der Waals surface area contributed by atoms with Gasteiger partial charge in [0.25, 0.3) is 0 Å². The predicted octanol–water partition coefficient (Wildman–Crippen LogP) is 2.49. The maximum absolute atomic E-state index is 5.60. The number of nitrogens with one attached hydrogen (secondary N) is 2. The monoisotopic (exact) mass is 469 g/mol. The number of ether oxygens (including phenoxy) is 2. The lowest BCUT2D eigenvalue weighted by atomic mass is 10.2. The molecule has 24 heavy (non-hydrogen) atoms. The van der Waals surface area contributed by atoms with Crippen molar-refractivity contribution in [3.8, 4) is 0 Å². The Labute approximate surface area is 165 Å². The first-order valence-electron chi connectivity index (χ1n) is 8.03. The van der Waals surface area contributed by atoms with Gasteiger partial charge in [-0.05, 0) is 25.3 Å². The topological polar surface area (TPSA) is 68.0 Å². The van der Waals surface area contributed by atoms with Crippen LogP contribution in [0.1, 0.15) is 19.1 Å². The number of halogens is 1. The fraction of sp³-hybridized carbons (Fsp3) is 0.688. The van der Waals surface area contributed by atoms with Gasteiger partial charge in [0, 0.05) is 38.2 Å². The molecule has 2 heterocycles. The normalized spacial score (nSPS) is 16.7. The molecule has 0 aromatic carbocycles. The molecule has 1 aromatic rings. The molecule has 1 aliphatic heterocycles. The van der Waals surface area contributed by atoms with Crippen molar-refractivity contribution in [1.82, 2.24) is 10.6 Å². The van der Waals surface area contributed by atoms with E-state index in [9.17, 15) is 0 Å². The number of thioether (sulfide) groups is 1. The summed E-state index contributed by atoms with van der Waals surface area (Å²) in [4.78, 5) is 4.62. The third-order valence-electron chi connectivity index (χ3n) is 3.58. The third kappa shape index (κ3) is 8.09. The van der Waals surface area contributed by atoms with E-state index in [2.05, 4.69) is 21.9 Å². The molecule has 0 saturated carbocycles. The van der Waals surface area contributed by atoms with Gasteiger partial charge in [-0.2, -0.15) is 11.8 Å². The maximum Gasteiger partial charge on any atom is 0.191 e. The molecule has 0 unspecified atom stereocenters. The number of furan rings is 1. The van der Waals surface area contributed by atoms with E-state index in [4.69, 9.17) is 13.9 Å². The summed E-state index contributed by atoms with van der Waals surface area (Å²) in [6, 6.07) is 3.89. The Balaban J connectivity index is 0.00000288. The minimum Gasteiger partial charge on any atom is -0.469 e. The Morgan fingerprint density at radius 1 is 1.29 bits per heavy atom. The quantitative estimate of drug-likeness (QED) is 0.251. The van der Waals surface area contributed by atoms with E-state index in [1.165, 1.54) is 0 Å². The van der Waals surface area contributed by atoms with Gasteiger partial charge in [0.1, 0.15) is 5.76 Å². The predicted molar refractivity (Wildman–Crippen MR) is 109 cm³/mol. The van der Waals surface area contributed by atoms with E-state index < -0.39 is 5.79 Å². The third-order valence-corrected chi connectivity index (χ3v) is 4.19. The van der Waals surface area contributed by atoms with Crippen LogP contribution in [0.4, 0.5) is 0 Å². The molecule has 2 rings (SSSR count). The summed E-state index contributed by atoms with van der Waals surface area (Å²) in [6.45, 7) is 5.63. The average Bonchev–Trinajstić information content (AvgIpc) is 3.19. The van der Waals surface area contributed by atoms with Crippen LogP contribution in [0.3, 0.4) is 0 Å². The van der Waals surface area contributed by atoms with Crippen LogP contribution in [0, 0.1) is 0 Å². The van der Waals surface area contributed by atoms with Crippen molar-refractivity contribution in [3.05, 3.63) is 24.2 Å². The van der Waals surface area contributed by atoms with Crippen LogP contribution in [-0.4, -0.2) is 56.6 Å². The van der Waals surface area contributed by atoms with Crippen LogP contribution in [0.25, 0.3) is 0 Å². The SMILES string of the molecule is CSCCNC(=NCCC1(C)OCCO1)NCCc1ccco1.I. The van der Waals surface area contributed by atoms with E-state index in [-0.39, 0.29) is 24.0 Å². The Bertz CT molecular complexity index is 465. The number of aliphatic imine (C=N–C) groups is 1. The molecular weight excluding hydrogens is 441 g/mol. The zero-order valence-corrected chi connectivity index (χ0v) is 17.5. The van der Waals surface area contributed by atoms with Crippen molar-refractivity contribution in [1.29, 1.82) is 0 Å². The standard InChI is InChI=1S/C16H27N3O3S.HI/c1-16(21-11-12-22-16)6-8-18-15(19-9-13-23-2)17-7-5-14-4-3-10-20-14;/h3-4,10H,5-9,11-13H2,1-2H3,(H2,17,18,19);1H. The van der Waals surface area contributed by atoms with E-state index >= 15 is 0 Å². The molecule has 1 saturated heterocycles. The maximum atomic E-state index is 5.60. The van der Waals surface area contributed by atoms with E-state index in [1.54, 1.807) is 6.26 Å². The number of guanidine groups is 1. The lowest BCUT2D eigenvalue weighted by Crippen LogP contribution is -2.40. The Morgan fingerprint density at radius 3 is 2.71 bits per heavy atom. The second-order valence-corrected chi connectivity index (χ2v) is 6.47. The lowest BCUT2D eigenvalue weighted by molar-refractivity contribution is -0.144. The molecule has 1 aromatic heterocycles. The molecule has 0 bridgehead atoms. The van der Waals surface area contributed by atoms with Crippen LogP contribution >= 0.6 is 35.7 Å². The van der Waals surface area contributed by atoms with Crippen LogP contribution in [0.15, 0.2) is 27.8 Å². The Hall–Kier alpha value is -0.450. The summed E-state index contributed by atoms with van der Waals surface area (Å²) >= 11 is 1.81. The zero-order chi connectivity index (χ0) is 16.4. The van der Waals surface area contributed by atoms with Gasteiger partial charge in [0.2, 0.25) is 0 Å². The van der Waals surface area contributed by atoms with Gasteiger partial charge < -0.3 is 24.5 Å². The van der Waals surface area contributed by atoms with Gasteiger partial charge >= 0.3 is 0 Å². The molecule has 6 nitrogen and oxygen atoms in total. The molecule has 138 valence electrons. The van der Waals surface area contributed by atoms with Gasteiger partial charge in [-0.15, -0.1) is 24.0 Å².